The molecule has 3 N–H and O–H groups in total. The van der Waals surface area contributed by atoms with E-state index in [1.54, 1.807) is 24.3 Å². The molecule has 3 heteroatoms. The molecule has 0 fully saturated rings. The van der Waals surface area contributed by atoms with Crippen LogP contribution in [0.3, 0.4) is 0 Å². The van der Waals surface area contributed by atoms with Crippen LogP contribution >= 0.6 is 0 Å². The van der Waals surface area contributed by atoms with E-state index in [0.717, 1.165) is 11.1 Å². The van der Waals surface area contributed by atoms with Crippen LogP contribution in [0.5, 0.6) is 0 Å². The van der Waals surface area contributed by atoms with Gasteiger partial charge in [0.2, 0.25) is 0 Å². The number of nitrogens with two attached hydrogens (primary N) is 1. The zero-order valence-corrected chi connectivity index (χ0v) is 10.8. The van der Waals surface area contributed by atoms with Crippen LogP contribution < -0.4 is 11.1 Å². The summed E-state index contributed by atoms with van der Waals surface area (Å²) in [5.41, 5.74) is 9.69. The Labute approximate surface area is 112 Å². The van der Waals surface area contributed by atoms with Crippen molar-refractivity contribution in [3.8, 4) is 0 Å². The molecule has 3 nitrogen and oxygen atoms in total. The number of anilines is 2. The van der Waals surface area contributed by atoms with Gasteiger partial charge in [-0.3, -0.25) is 4.79 Å². The molecule has 2 rings (SSSR count). The molecule has 0 saturated carbocycles. The van der Waals surface area contributed by atoms with E-state index >= 15 is 0 Å². The largest absolute Gasteiger partial charge is 0.397 e. The van der Waals surface area contributed by atoms with Crippen molar-refractivity contribution in [3.63, 3.8) is 0 Å². The van der Waals surface area contributed by atoms with Gasteiger partial charge in [-0.15, -0.1) is 0 Å². The highest BCUT2D eigenvalue weighted by Gasteiger charge is 2.07. The van der Waals surface area contributed by atoms with Crippen LogP contribution in [0.4, 0.5) is 11.4 Å². The third-order valence-electron chi connectivity index (χ3n) is 2.86. The van der Waals surface area contributed by atoms with E-state index in [1.165, 1.54) is 0 Å². The fourth-order valence-electron chi connectivity index (χ4n) is 1.76. The first-order chi connectivity index (χ1) is 9.10. The monoisotopic (exact) mass is 252 g/mol. The van der Waals surface area contributed by atoms with Gasteiger partial charge in [-0.05, 0) is 42.3 Å². The Morgan fingerprint density at radius 3 is 2.47 bits per heavy atom. The molecule has 0 spiro atoms. The minimum absolute atomic E-state index is 0.175. The minimum atomic E-state index is -0.175. The van der Waals surface area contributed by atoms with Crippen LogP contribution in [0.2, 0.25) is 0 Å². The lowest BCUT2D eigenvalue weighted by Crippen LogP contribution is -2.13. The van der Waals surface area contributed by atoms with Gasteiger partial charge >= 0.3 is 0 Å². The summed E-state index contributed by atoms with van der Waals surface area (Å²) >= 11 is 0. The fraction of sp³-hybridized carbons (Fsp3) is 0.0625. The molecule has 0 saturated heterocycles. The molecular formula is C16H16N2O. The zero-order chi connectivity index (χ0) is 13.8. The standard InChI is InChI=1S/C16H16N2O/c1-3-12-5-7-13(8-6-12)16(19)18-15-9-4-11(2)10-14(15)17/h3-10H,1,17H2,2H3,(H,18,19). The number of carbonyl (C=O) groups excluding carboxylic acids is 1. The SMILES string of the molecule is C=Cc1ccc(C(=O)Nc2ccc(C)cc2N)cc1. The van der Waals surface area contributed by atoms with Crippen molar-refractivity contribution in [1.29, 1.82) is 0 Å². The van der Waals surface area contributed by atoms with Gasteiger partial charge in [0.15, 0.2) is 0 Å². The van der Waals surface area contributed by atoms with Crippen LogP contribution in [0.1, 0.15) is 21.5 Å². The fourth-order valence-corrected chi connectivity index (χ4v) is 1.76. The molecule has 0 aliphatic heterocycles. The average Bonchev–Trinajstić information content (AvgIpc) is 2.42. The molecule has 96 valence electrons. The van der Waals surface area contributed by atoms with E-state index in [0.29, 0.717) is 16.9 Å². The molecule has 0 aliphatic rings. The quantitative estimate of drug-likeness (QED) is 0.822. The van der Waals surface area contributed by atoms with Gasteiger partial charge < -0.3 is 11.1 Å². The first-order valence-electron chi connectivity index (χ1n) is 6.00. The van der Waals surface area contributed by atoms with Gasteiger partial charge in [0, 0.05) is 5.56 Å². The number of aryl methyl sites for hydroxylation is 1. The normalized spacial score (nSPS) is 9.95. The number of nitrogen functional groups attached to an aromatic ring is 1. The summed E-state index contributed by atoms with van der Waals surface area (Å²) in [6, 6.07) is 12.8. The highest BCUT2D eigenvalue weighted by Crippen LogP contribution is 2.20. The second-order valence-corrected chi connectivity index (χ2v) is 4.37. The van der Waals surface area contributed by atoms with Crippen LogP contribution in [0, 0.1) is 6.92 Å². The van der Waals surface area contributed by atoms with Crippen LogP contribution in [0.15, 0.2) is 49.0 Å². The lowest BCUT2D eigenvalue weighted by molar-refractivity contribution is 0.102. The summed E-state index contributed by atoms with van der Waals surface area (Å²) < 4.78 is 0. The van der Waals surface area contributed by atoms with Crippen molar-refractivity contribution in [2.24, 2.45) is 0 Å². The van der Waals surface area contributed by atoms with Gasteiger partial charge in [-0.2, -0.15) is 0 Å². The molecule has 0 atom stereocenters. The van der Waals surface area contributed by atoms with Crippen LogP contribution in [-0.4, -0.2) is 5.91 Å². The minimum Gasteiger partial charge on any atom is -0.397 e. The smallest absolute Gasteiger partial charge is 0.255 e. The van der Waals surface area contributed by atoms with E-state index in [2.05, 4.69) is 11.9 Å². The van der Waals surface area contributed by atoms with Gasteiger partial charge in [0.25, 0.3) is 5.91 Å². The van der Waals surface area contributed by atoms with Crippen molar-refractivity contribution < 1.29 is 4.79 Å². The number of carbonyl (C=O) groups is 1. The molecule has 19 heavy (non-hydrogen) atoms. The number of hydrogen-bond donors (Lipinski definition) is 2. The second-order valence-electron chi connectivity index (χ2n) is 4.37. The molecule has 0 aliphatic carbocycles. The highest BCUT2D eigenvalue weighted by molar-refractivity contribution is 6.05. The molecule has 2 aromatic rings. The van der Waals surface area contributed by atoms with Crippen molar-refractivity contribution in [1.82, 2.24) is 0 Å². The highest BCUT2D eigenvalue weighted by atomic mass is 16.1. The van der Waals surface area contributed by atoms with Crippen molar-refractivity contribution >= 4 is 23.4 Å². The Bertz CT molecular complexity index is 615. The van der Waals surface area contributed by atoms with E-state index in [9.17, 15) is 4.79 Å². The van der Waals surface area contributed by atoms with Crippen molar-refractivity contribution in [2.45, 2.75) is 6.92 Å². The topological polar surface area (TPSA) is 55.1 Å². The number of rotatable bonds is 3. The van der Waals surface area contributed by atoms with E-state index in [1.807, 2.05) is 31.2 Å². The molecule has 0 radical (unpaired) electrons. The molecular weight excluding hydrogens is 236 g/mol. The summed E-state index contributed by atoms with van der Waals surface area (Å²) in [7, 11) is 0. The maximum atomic E-state index is 12.1. The van der Waals surface area contributed by atoms with E-state index < -0.39 is 0 Å². The Hall–Kier alpha value is -2.55. The van der Waals surface area contributed by atoms with Crippen LogP contribution in [0.25, 0.3) is 6.08 Å². The van der Waals surface area contributed by atoms with Gasteiger partial charge in [-0.1, -0.05) is 30.9 Å². The Morgan fingerprint density at radius 1 is 1.21 bits per heavy atom. The lowest BCUT2D eigenvalue weighted by Gasteiger charge is -2.09. The predicted molar refractivity (Wildman–Crippen MR) is 80.1 cm³/mol. The maximum absolute atomic E-state index is 12.1. The first-order valence-corrected chi connectivity index (χ1v) is 6.00. The van der Waals surface area contributed by atoms with Crippen LogP contribution in [-0.2, 0) is 0 Å². The Balaban J connectivity index is 2.17. The zero-order valence-electron chi connectivity index (χ0n) is 10.8. The second kappa shape index (κ2) is 5.40. The lowest BCUT2D eigenvalue weighted by atomic mass is 10.1. The summed E-state index contributed by atoms with van der Waals surface area (Å²) in [5.74, 6) is -0.175. The number of hydrogen-bond acceptors (Lipinski definition) is 2. The molecule has 0 aromatic heterocycles. The number of nitrogens with one attached hydrogen (secondary N) is 1. The molecule has 1 amide bonds. The first kappa shape index (κ1) is 12.9. The Morgan fingerprint density at radius 2 is 1.89 bits per heavy atom. The molecule has 0 bridgehead atoms. The summed E-state index contributed by atoms with van der Waals surface area (Å²) in [5, 5.41) is 2.80. The van der Waals surface area contributed by atoms with Gasteiger partial charge in [0.05, 0.1) is 11.4 Å². The molecule has 0 unspecified atom stereocenters. The van der Waals surface area contributed by atoms with Crippen molar-refractivity contribution in [3.05, 3.63) is 65.7 Å². The summed E-state index contributed by atoms with van der Waals surface area (Å²) in [6.07, 6.45) is 1.74. The summed E-state index contributed by atoms with van der Waals surface area (Å²) in [6.45, 7) is 5.63. The summed E-state index contributed by atoms with van der Waals surface area (Å²) in [4.78, 5) is 12.1. The third kappa shape index (κ3) is 3.01. The average molecular weight is 252 g/mol. The molecule has 2 aromatic carbocycles. The Kier molecular flexibility index (Phi) is 3.66. The number of benzene rings is 2. The van der Waals surface area contributed by atoms with Gasteiger partial charge in [-0.25, -0.2) is 0 Å². The van der Waals surface area contributed by atoms with E-state index in [4.69, 9.17) is 5.73 Å². The number of amides is 1. The molecule has 0 heterocycles. The van der Waals surface area contributed by atoms with E-state index in [-0.39, 0.29) is 5.91 Å². The predicted octanol–water partition coefficient (Wildman–Crippen LogP) is 3.47. The maximum Gasteiger partial charge on any atom is 0.255 e. The third-order valence-corrected chi connectivity index (χ3v) is 2.86. The van der Waals surface area contributed by atoms with Crippen molar-refractivity contribution in [2.75, 3.05) is 11.1 Å². The van der Waals surface area contributed by atoms with Gasteiger partial charge in [0.1, 0.15) is 0 Å².